The summed E-state index contributed by atoms with van der Waals surface area (Å²) in [6.07, 6.45) is 5.06. The molecule has 6 heteroatoms. The Hall–Kier alpha value is -2.21. The number of rotatable bonds is 5. The van der Waals surface area contributed by atoms with Crippen LogP contribution in [0, 0.1) is 17.0 Å². The smallest absolute Gasteiger partial charge is 0.274 e. The Kier molecular flexibility index (Phi) is 4.66. The molecule has 1 aromatic carbocycles. The second-order valence-electron chi connectivity index (χ2n) is 6.47. The first-order chi connectivity index (χ1) is 11.6. The lowest BCUT2D eigenvalue weighted by Gasteiger charge is -2.23. The highest BCUT2D eigenvalue weighted by Gasteiger charge is 2.28. The molecular weight excluding hydrogens is 304 g/mol. The summed E-state index contributed by atoms with van der Waals surface area (Å²) < 4.78 is 1.92. The van der Waals surface area contributed by atoms with Gasteiger partial charge in [-0.25, -0.2) is 4.68 Å². The lowest BCUT2D eigenvalue weighted by Crippen LogP contribution is -2.15. The van der Waals surface area contributed by atoms with Gasteiger partial charge in [0.05, 0.1) is 16.3 Å². The van der Waals surface area contributed by atoms with E-state index in [1.165, 1.54) is 11.3 Å². The molecule has 0 bridgehead atoms. The summed E-state index contributed by atoms with van der Waals surface area (Å²) in [5.41, 5.74) is 11.0. The van der Waals surface area contributed by atoms with Gasteiger partial charge in [-0.15, -0.1) is 0 Å². The van der Waals surface area contributed by atoms with E-state index in [0.717, 1.165) is 43.5 Å². The first-order valence-electron chi connectivity index (χ1n) is 8.63. The first-order valence-corrected chi connectivity index (χ1v) is 8.63. The van der Waals surface area contributed by atoms with Gasteiger partial charge in [-0.3, -0.25) is 10.1 Å². The summed E-state index contributed by atoms with van der Waals surface area (Å²) in [7, 11) is 0. The topological polar surface area (TPSA) is 87.0 Å². The third-order valence-electron chi connectivity index (χ3n) is 4.96. The van der Waals surface area contributed by atoms with Gasteiger partial charge in [0.15, 0.2) is 0 Å². The number of aromatic nitrogens is 2. The molecule has 0 saturated heterocycles. The standard InChI is InChI=1S/C18H24N4O2/c1-3-15-18-13(9-10-19)5-4-6-16(18)21(20-15)14-8-7-12(2)17(11-14)22(23)24/h7-8,11,13H,3-6,9-10,19H2,1-2H3. The third kappa shape index (κ3) is 2.82. The van der Waals surface area contributed by atoms with E-state index in [2.05, 4.69) is 6.92 Å². The predicted octanol–water partition coefficient (Wildman–Crippen LogP) is 3.42. The zero-order valence-corrected chi connectivity index (χ0v) is 14.3. The van der Waals surface area contributed by atoms with Crippen molar-refractivity contribution >= 4 is 5.69 Å². The number of nitrogens with two attached hydrogens (primary N) is 1. The van der Waals surface area contributed by atoms with E-state index in [1.54, 1.807) is 19.1 Å². The summed E-state index contributed by atoms with van der Waals surface area (Å²) in [5, 5.41) is 16.1. The van der Waals surface area contributed by atoms with Crippen molar-refractivity contribution in [1.29, 1.82) is 0 Å². The maximum Gasteiger partial charge on any atom is 0.274 e. The van der Waals surface area contributed by atoms with Gasteiger partial charge in [-0.1, -0.05) is 13.0 Å². The van der Waals surface area contributed by atoms with Crippen molar-refractivity contribution in [3.63, 3.8) is 0 Å². The largest absolute Gasteiger partial charge is 0.330 e. The molecule has 128 valence electrons. The molecule has 0 saturated carbocycles. The van der Waals surface area contributed by atoms with Crippen LogP contribution in [0.25, 0.3) is 5.69 Å². The van der Waals surface area contributed by atoms with Gasteiger partial charge in [0.25, 0.3) is 5.69 Å². The average molecular weight is 328 g/mol. The molecule has 6 nitrogen and oxygen atoms in total. The van der Waals surface area contributed by atoms with Crippen molar-refractivity contribution in [2.75, 3.05) is 6.54 Å². The molecular formula is C18H24N4O2. The van der Waals surface area contributed by atoms with Crippen molar-refractivity contribution in [1.82, 2.24) is 9.78 Å². The van der Waals surface area contributed by atoms with Crippen molar-refractivity contribution in [3.05, 3.63) is 50.8 Å². The molecule has 24 heavy (non-hydrogen) atoms. The van der Waals surface area contributed by atoms with Gasteiger partial charge in [0.1, 0.15) is 0 Å². The van der Waals surface area contributed by atoms with Gasteiger partial charge >= 0.3 is 0 Å². The van der Waals surface area contributed by atoms with Crippen LogP contribution in [-0.2, 0) is 12.8 Å². The molecule has 0 radical (unpaired) electrons. The highest BCUT2D eigenvalue weighted by Crippen LogP contribution is 2.37. The zero-order valence-electron chi connectivity index (χ0n) is 14.3. The fourth-order valence-electron chi connectivity index (χ4n) is 3.78. The molecule has 1 aromatic heterocycles. The van der Waals surface area contributed by atoms with Crippen LogP contribution < -0.4 is 5.73 Å². The Labute approximate surface area is 141 Å². The molecule has 1 atom stereocenters. The van der Waals surface area contributed by atoms with Crippen molar-refractivity contribution in [3.8, 4) is 5.69 Å². The Morgan fingerprint density at radius 1 is 1.46 bits per heavy atom. The second kappa shape index (κ2) is 6.73. The van der Waals surface area contributed by atoms with Gasteiger partial charge in [-0.2, -0.15) is 5.10 Å². The molecule has 0 spiro atoms. The van der Waals surface area contributed by atoms with Gasteiger partial charge in [0, 0.05) is 22.9 Å². The van der Waals surface area contributed by atoms with E-state index in [-0.39, 0.29) is 10.6 Å². The van der Waals surface area contributed by atoms with E-state index in [4.69, 9.17) is 10.8 Å². The van der Waals surface area contributed by atoms with E-state index in [1.807, 2.05) is 10.7 Å². The number of hydrogen-bond acceptors (Lipinski definition) is 4. The fraction of sp³-hybridized carbons (Fsp3) is 0.500. The minimum atomic E-state index is -0.327. The number of nitro benzene ring substituents is 1. The maximum atomic E-state index is 11.3. The van der Waals surface area contributed by atoms with Crippen LogP contribution in [0.1, 0.15) is 54.6 Å². The Morgan fingerprint density at radius 2 is 2.25 bits per heavy atom. The van der Waals surface area contributed by atoms with Crippen molar-refractivity contribution < 1.29 is 4.92 Å². The van der Waals surface area contributed by atoms with Crippen LogP contribution in [0.4, 0.5) is 5.69 Å². The Balaban J connectivity index is 2.13. The SMILES string of the molecule is CCc1nn(-c2ccc(C)c([N+](=O)[O-])c2)c2c1C(CCN)CCC2. The number of nitrogens with zero attached hydrogens (tertiary/aromatic N) is 3. The molecule has 1 aliphatic carbocycles. The van der Waals surface area contributed by atoms with E-state index < -0.39 is 0 Å². The second-order valence-corrected chi connectivity index (χ2v) is 6.47. The van der Waals surface area contributed by atoms with Crippen molar-refractivity contribution in [2.24, 2.45) is 5.73 Å². The van der Waals surface area contributed by atoms with Crippen LogP contribution >= 0.6 is 0 Å². The molecule has 1 unspecified atom stereocenters. The summed E-state index contributed by atoms with van der Waals surface area (Å²) in [5.74, 6) is 0.461. The molecule has 0 aliphatic heterocycles. The maximum absolute atomic E-state index is 11.3. The number of fused-ring (bicyclic) bond motifs is 1. The number of hydrogen-bond donors (Lipinski definition) is 1. The summed E-state index contributed by atoms with van der Waals surface area (Å²) in [6, 6.07) is 5.35. The quantitative estimate of drug-likeness (QED) is 0.673. The summed E-state index contributed by atoms with van der Waals surface area (Å²) in [4.78, 5) is 10.9. The van der Waals surface area contributed by atoms with E-state index in [0.29, 0.717) is 18.0 Å². The molecule has 0 amide bonds. The lowest BCUT2D eigenvalue weighted by molar-refractivity contribution is -0.385. The van der Waals surface area contributed by atoms with Crippen molar-refractivity contribution in [2.45, 2.75) is 51.9 Å². The minimum Gasteiger partial charge on any atom is -0.330 e. The number of nitro groups is 1. The molecule has 1 aliphatic rings. The average Bonchev–Trinajstić information content (AvgIpc) is 2.95. The van der Waals surface area contributed by atoms with Crippen LogP contribution in [-0.4, -0.2) is 21.2 Å². The predicted molar refractivity (Wildman–Crippen MR) is 93.7 cm³/mol. The number of aryl methyl sites for hydroxylation is 2. The van der Waals surface area contributed by atoms with Crippen LogP contribution in [0.5, 0.6) is 0 Å². The summed E-state index contributed by atoms with van der Waals surface area (Å²) >= 11 is 0. The minimum absolute atomic E-state index is 0.143. The molecule has 2 N–H and O–H groups in total. The van der Waals surface area contributed by atoms with Crippen LogP contribution in [0.3, 0.4) is 0 Å². The molecule has 0 fully saturated rings. The van der Waals surface area contributed by atoms with E-state index >= 15 is 0 Å². The van der Waals surface area contributed by atoms with Crippen LogP contribution in [0.15, 0.2) is 18.2 Å². The Bertz CT molecular complexity index is 767. The number of benzene rings is 1. The summed E-state index contributed by atoms with van der Waals surface area (Å²) in [6.45, 7) is 4.54. The van der Waals surface area contributed by atoms with E-state index in [9.17, 15) is 10.1 Å². The van der Waals surface area contributed by atoms with Gasteiger partial charge < -0.3 is 5.73 Å². The molecule has 3 rings (SSSR count). The molecule has 2 aromatic rings. The first kappa shape index (κ1) is 16.6. The molecule has 1 heterocycles. The highest BCUT2D eigenvalue weighted by molar-refractivity contribution is 5.50. The Morgan fingerprint density at radius 3 is 2.92 bits per heavy atom. The van der Waals surface area contributed by atoms with Gasteiger partial charge in [-0.05, 0) is 57.6 Å². The third-order valence-corrected chi connectivity index (χ3v) is 4.96. The van der Waals surface area contributed by atoms with Gasteiger partial charge in [0.2, 0.25) is 0 Å². The normalized spacial score (nSPS) is 16.9. The fourth-order valence-corrected chi connectivity index (χ4v) is 3.78. The highest BCUT2D eigenvalue weighted by atomic mass is 16.6. The zero-order chi connectivity index (χ0) is 17.3. The van der Waals surface area contributed by atoms with Crippen LogP contribution in [0.2, 0.25) is 0 Å². The monoisotopic (exact) mass is 328 g/mol. The lowest BCUT2D eigenvalue weighted by atomic mass is 9.82.